The van der Waals surface area contributed by atoms with E-state index in [1.54, 1.807) is 0 Å². The van der Waals surface area contributed by atoms with Crippen LogP contribution in [-0.4, -0.2) is 0 Å². The molecule has 0 spiro atoms. The molecule has 0 aromatic heterocycles. The first-order valence-corrected chi connectivity index (χ1v) is 18.3. The summed E-state index contributed by atoms with van der Waals surface area (Å²) in [7, 11) is 0. The van der Waals surface area contributed by atoms with E-state index in [-0.39, 0.29) is 0 Å². The second-order valence-corrected chi connectivity index (χ2v) is 14.6. The molecule has 12 rings (SSSR count). The lowest BCUT2D eigenvalue weighted by atomic mass is 9.84. The van der Waals surface area contributed by atoms with Crippen LogP contribution in [0.1, 0.15) is 11.1 Å². The molecule has 10 aromatic carbocycles. The maximum Gasteiger partial charge on any atom is 0.0991 e. The lowest BCUT2D eigenvalue weighted by Gasteiger charge is -2.19. The molecule has 0 N–H and O–H groups in total. The van der Waals surface area contributed by atoms with Crippen molar-refractivity contribution in [2.45, 2.75) is 0 Å². The number of nitriles is 2. The van der Waals surface area contributed by atoms with Gasteiger partial charge in [0.1, 0.15) is 0 Å². The topological polar surface area (TPSA) is 47.6 Å². The average Bonchev–Trinajstić information content (AvgIpc) is 3.72. The summed E-state index contributed by atoms with van der Waals surface area (Å²) in [6.45, 7) is 0. The fraction of sp³-hybridized carbons (Fsp3) is 0. The Labute approximate surface area is 311 Å². The molecule has 0 saturated heterocycles. The zero-order chi connectivity index (χ0) is 35.7. The lowest BCUT2D eigenvalue weighted by Crippen LogP contribution is -1.92. The lowest BCUT2D eigenvalue weighted by molar-refractivity contribution is 1.48. The van der Waals surface area contributed by atoms with Gasteiger partial charge < -0.3 is 0 Å². The highest BCUT2D eigenvalue weighted by Gasteiger charge is 2.26. The van der Waals surface area contributed by atoms with E-state index in [1.807, 2.05) is 36.4 Å². The molecule has 2 aliphatic rings. The first kappa shape index (κ1) is 29.1. The Bertz CT molecular complexity index is 3220. The van der Waals surface area contributed by atoms with Crippen LogP contribution in [0.4, 0.5) is 0 Å². The minimum absolute atomic E-state index is 0.639. The zero-order valence-electron chi connectivity index (χ0n) is 28.9. The molecule has 2 heteroatoms. The van der Waals surface area contributed by atoms with Crippen LogP contribution in [0.2, 0.25) is 0 Å². The Hall–Kier alpha value is -7.52. The Morgan fingerprint density at radius 2 is 0.593 bits per heavy atom. The number of hydrogen-bond donors (Lipinski definition) is 0. The van der Waals surface area contributed by atoms with Crippen molar-refractivity contribution in [1.82, 2.24) is 0 Å². The maximum absolute atomic E-state index is 9.98. The Morgan fingerprint density at radius 1 is 0.278 bits per heavy atom. The molecular formula is C52H26N2. The van der Waals surface area contributed by atoms with Crippen LogP contribution in [0.25, 0.3) is 121 Å². The van der Waals surface area contributed by atoms with E-state index < -0.39 is 0 Å². The molecule has 0 radical (unpaired) electrons. The highest BCUT2D eigenvalue weighted by Crippen LogP contribution is 2.54. The van der Waals surface area contributed by atoms with Crippen molar-refractivity contribution in [3.05, 3.63) is 169 Å². The van der Waals surface area contributed by atoms with Crippen LogP contribution >= 0.6 is 0 Å². The zero-order valence-corrected chi connectivity index (χ0v) is 28.9. The number of benzene rings is 10. The smallest absolute Gasteiger partial charge is 0.0991 e. The van der Waals surface area contributed by atoms with Crippen molar-refractivity contribution in [2.24, 2.45) is 0 Å². The van der Waals surface area contributed by atoms with Gasteiger partial charge >= 0.3 is 0 Å². The molecule has 54 heavy (non-hydrogen) atoms. The molecule has 0 unspecified atom stereocenters. The van der Waals surface area contributed by atoms with Gasteiger partial charge in [-0.15, -0.1) is 0 Å². The highest BCUT2D eigenvalue weighted by molar-refractivity contribution is 6.29. The second kappa shape index (κ2) is 10.5. The van der Waals surface area contributed by atoms with Crippen molar-refractivity contribution in [2.75, 3.05) is 0 Å². The molecule has 2 nitrogen and oxygen atoms in total. The van der Waals surface area contributed by atoms with Gasteiger partial charge in [0.05, 0.1) is 23.3 Å². The van der Waals surface area contributed by atoms with Crippen LogP contribution in [-0.2, 0) is 0 Å². The van der Waals surface area contributed by atoms with Crippen molar-refractivity contribution in [3.8, 4) is 78.9 Å². The van der Waals surface area contributed by atoms with Gasteiger partial charge in [0, 0.05) is 0 Å². The first-order valence-electron chi connectivity index (χ1n) is 18.3. The number of fused-ring (bicyclic) bond motifs is 11. The summed E-state index contributed by atoms with van der Waals surface area (Å²) in [6, 6.07) is 61.5. The van der Waals surface area contributed by atoms with Crippen molar-refractivity contribution in [3.63, 3.8) is 0 Å². The van der Waals surface area contributed by atoms with Crippen LogP contribution in [0.15, 0.2) is 158 Å². The van der Waals surface area contributed by atoms with Crippen molar-refractivity contribution in [1.29, 1.82) is 10.5 Å². The third kappa shape index (κ3) is 3.81. The molecule has 10 aromatic rings. The molecule has 0 atom stereocenters. The van der Waals surface area contributed by atoms with Crippen LogP contribution in [0.3, 0.4) is 0 Å². The fourth-order valence-electron chi connectivity index (χ4n) is 9.60. The van der Waals surface area contributed by atoms with E-state index in [0.717, 1.165) is 43.8 Å². The summed E-state index contributed by atoms with van der Waals surface area (Å²) in [6.07, 6.45) is 0. The number of rotatable bonds is 2. The van der Waals surface area contributed by atoms with E-state index >= 15 is 0 Å². The van der Waals surface area contributed by atoms with Gasteiger partial charge in [-0.25, -0.2) is 0 Å². The summed E-state index contributed by atoms with van der Waals surface area (Å²) < 4.78 is 0. The molecule has 0 heterocycles. The van der Waals surface area contributed by atoms with Crippen LogP contribution in [0, 0.1) is 22.7 Å². The predicted molar refractivity (Wildman–Crippen MR) is 223 cm³/mol. The van der Waals surface area contributed by atoms with Gasteiger partial charge in [0.15, 0.2) is 0 Å². The second-order valence-electron chi connectivity index (χ2n) is 14.6. The molecule has 244 valence electrons. The largest absolute Gasteiger partial charge is 0.192 e. The molecule has 0 bridgehead atoms. The maximum atomic E-state index is 9.98. The number of hydrogen-bond acceptors (Lipinski definition) is 2. The standard InChI is InChI=1S/C52H26N2/c53-27-29-7-1-13-33(19-29)39-21-47-48(49-25-43-37-17-5-11-31-9-3-15-35(51(31)37)41(43)23-45(39)49)22-40(34-14-2-8-30(20-34)28-54)46-24-42-36-16-4-10-32-12-6-18-38(52(32)36)44(42)26-50(46)47/h1-26H. The van der Waals surface area contributed by atoms with Crippen LogP contribution in [0.5, 0.6) is 0 Å². The Balaban J connectivity index is 1.28. The SMILES string of the molecule is N#Cc1cccc(-c2cc3c4cc5c(cc4c(-c4cccc(C#N)c4)cc3c3cc4c(cc23)-c2cccc3cccc-4c23)-c2cccc3cccc-5c23)c1. The van der Waals surface area contributed by atoms with Gasteiger partial charge in [-0.1, -0.05) is 97.1 Å². The van der Waals surface area contributed by atoms with E-state index in [1.165, 1.54) is 76.8 Å². The van der Waals surface area contributed by atoms with Crippen molar-refractivity contribution < 1.29 is 0 Å². The van der Waals surface area contributed by atoms with E-state index in [0.29, 0.717) is 11.1 Å². The average molecular weight is 679 g/mol. The first-order chi connectivity index (χ1) is 26.7. The summed E-state index contributed by atoms with van der Waals surface area (Å²) in [4.78, 5) is 0. The monoisotopic (exact) mass is 678 g/mol. The predicted octanol–water partition coefficient (Wildman–Crippen LogP) is 13.8. The molecule has 0 amide bonds. The normalized spacial score (nSPS) is 12.0. The molecule has 0 fully saturated rings. The minimum Gasteiger partial charge on any atom is -0.192 e. The quantitative estimate of drug-likeness (QED) is 0.171. The van der Waals surface area contributed by atoms with Gasteiger partial charge in [0.25, 0.3) is 0 Å². The van der Waals surface area contributed by atoms with E-state index in [4.69, 9.17) is 0 Å². The summed E-state index contributed by atoms with van der Waals surface area (Å²) in [5.41, 5.74) is 15.5. The van der Waals surface area contributed by atoms with E-state index in [2.05, 4.69) is 133 Å². The van der Waals surface area contributed by atoms with Crippen molar-refractivity contribution >= 4 is 53.9 Å². The Morgan fingerprint density at radius 3 is 0.963 bits per heavy atom. The minimum atomic E-state index is 0.639. The van der Waals surface area contributed by atoms with Gasteiger partial charge in [-0.2, -0.15) is 10.5 Å². The molecule has 0 aliphatic heterocycles. The third-order valence-corrected chi connectivity index (χ3v) is 11.9. The summed E-state index contributed by atoms with van der Waals surface area (Å²) in [5, 5.41) is 32.0. The summed E-state index contributed by atoms with van der Waals surface area (Å²) >= 11 is 0. The van der Waals surface area contributed by atoms with Gasteiger partial charge in [-0.3, -0.25) is 0 Å². The molecular weight excluding hydrogens is 653 g/mol. The number of nitrogens with zero attached hydrogens (tertiary/aromatic N) is 2. The Kier molecular flexibility index (Phi) is 5.67. The molecule has 0 saturated carbocycles. The van der Waals surface area contributed by atoms with E-state index in [9.17, 15) is 10.5 Å². The third-order valence-electron chi connectivity index (χ3n) is 11.9. The molecule has 2 aliphatic carbocycles. The highest BCUT2D eigenvalue weighted by atomic mass is 14.3. The fourth-order valence-corrected chi connectivity index (χ4v) is 9.60. The van der Waals surface area contributed by atoms with Gasteiger partial charge in [0.2, 0.25) is 0 Å². The van der Waals surface area contributed by atoms with Crippen LogP contribution < -0.4 is 0 Å². The summed E-state index contributed by atoms with van der Waals surface area (Å²) in [5.74, 6) is 0. The van der Waals surface area contributed by atoms with Gasteiger partial charge in [-0.05, 0) is 181 Å².